The van der Waals surface area contributed by atoms with Gasteiger partial charge in [-0.05, 0) is 19.4 Å². The van der Waals surface area contributed by atoms with E-state index in [0.29, 0.717) is 0 Å². The number of halogens is 3. The van der Waals surface area contributed by atoms with Gasteiger partial charge in [-0.3, -0.25) is 4.57 Å². The molecule has 0 saturated heterocycles. The van der Waals surface area contributed by atoms with Gasteiger partial charge in [0.05, 0.1) is 13.2 Å². The van der Waals surface area contributed by atoms with Crippen molar-refractivity contribution < 1.29 is 23.1 Å². The second-order valence-corrected chi connectivity index (χ2v) is 7.89. The summed E-state index contributed by atoms with van der Waals surface area (Å²) in [6, 6.07) is 0. The number of alkyl carbamates (subject to hydrolysis) is 1. The summed E-state index contributed by atoms with van der Waals surface area (Å²) in [6.07, 6.45) is -1.11. The van der Waals surface area contributed by atoms with Crippen LogP contribution in [0.5, 0.6) is 0 Å². The molecule has 1 amide bonds. The van der Waals surface area contributed by atoms with Crippen molar-refractivity contribution in [3.8, 4) is 0 Å². The molecule has 0 spiro atoms. The average Bonchev–Trinajstić information content (AvgIpc) is 2.35. The summed E-state index contributed by atoms with van der Waals surface area (Å²) >= 11 is 16.2. The molecule has 13 heteroatoms. The van der Waals surface area contributed by atoms with Gasteiger partial charge in [-0.25, -0.2) is 4.79 Å². The molecule has 0 aromatic carbocycles. The van der Waals surface area contributed by atoms with E-state index in [1.54, 1.807) is 13.8 Å². The summed E-state index contributed by atoms with van der Waals surface area (Å²) in [5.41, 5.74) is 8.48. The topological polar surface area (TPSA) is 123 Å². The minimum Gasteiger partial charge on any atom is -0.445 e. The maximum Gasteiger partial charge on any atom is 0.408 e. The Morgan fingerprint density at radius 1 is 1.38 bits per heavy atom. The third-order valence-electron chi connectivity index (χ3n) is 1.69. The normalized spacial score (nSPS) is 13.2. The third-order valence-corrected chi connectivity index (χ3v) is 4.09. The Morgan fingerprint density at radius 3 is 2.29 bits per heavy atom. The lowest BCUT2D eigenvalue weighted by molar-refractivity contribution is 0.143. The van der Waals surface area contributed by atoms with Crippen LogP contribution in [0, 0.1) is 0 Å². The first kappa shape index (κ1) is 20.6. The number of azide groups is 1. The second-order valence-electron chi connectivity index (χ2n) is 3.29. The highest BCUT2D eigenvalue weighted by Crippen LogP contribution is 2.52. The zero-order valence-electron chi connectivity index (χ0n) is 11.2. The van der Waals surface area contributed by atoms with Crippen molar-refractivity contribution in [3.63, 3.8) is 0 Å². The highest BCUT2D eigenvalue weighted by Gasteiger charge is 2.37. The van der Waals surface area contributed by atoms with Gasteiger partial charge in [0.15, 0.2) is 0 Å². The van der Waals surface area contributed by atoms with Gasteiger partial charge in [0.1, 0.15) is 6.61 Å². The van der Waals surface area contributed by atoms with Gasteiger partial charge in [-0.15, -0.1) is 0 Å². The largest absolute Gasteiger partial charge is 0.445 e. The molecule has 0 heterocycles. The molecule has 9 nitrogen and oxygen atoms in total. The van der Waals surface area contributed by atoms with Crippen molar-refractivity contribution in [2.24, 2.45) is 5.11 Å². The van der Waals surface area contributed by atoms with E-state index in [4.69, 9.17) is 49.4 Å². The fourth-order valence-corrected chi connectivity index (χ4v) is 2.73. The number of nitrogens with zero attached hydrogens (tertiary/aromatic N) is 3. The smallest absolute Gasteiger partial charge is 0.408 e. The Hall–Kier alpha value is -0.400. The van der Waals surface area contributed by atoms with E-state index < -0.39 is 30.0 Å². The van der Waals surface area contributed by atoms with E-state index in [2.05, 4.69) is 14.8 Å². The van der Waals surface area contributed by atoms with Crippen LogP contribution in [0.3, 0.4) is 0 Å². The van der Waals surface area contributed by atoms with Gasteiger partial charge in [0.25, 0.3) is 0 Å². The summed E-state index contributed by atoms with van der Waals surface area (Å²) in [7, 11) is -3.90. The molecular weight excluding hydrogens is 369 g/mol. The fraction of sp³-hybridized carbons (Fsp3) is 0.875. The Balaban J connectivity index is 4.92. The number of hydrogen-bond acceptors (Lipinski definition) is 6. The van der Waals surface area contributed by atoms with Gasteiger partial charge >= 0.3 is 13.7 Å². The number of alkyl halides is 3. The Kier molecular flexibility index (Phi) is 9.40. The molecule has 0 saturated carbocycles. The molecule has 1 N–H and O–H groups in total. The van der Waals surface area contributed by atoms with Crippen molar-refractivity contribution in [3.05, 3.63) is 10.4 Å². The van der Waals surface area contributed by atoms with Crippen LogP contribution in [0.2, 0.25) is 0 Å². The molecule has 0 aliphatic carbocycles. The van der Waals surface area contributed by atoms with Crippen molar-refractivity contribution in [1.82, 2.24) is 5.32 Å². The predicted molar refractivity (Wildman–Crippen MR) is 78.6 cm³/mol. The van der Waals surface area contributed by atoms with E-state index in [1.807, 2.05) is 5.32 Å². The molecule has 1 unspecified atom stereocenters. The van der Waals surface area contributed by atoms with Crippen LogP contribution in [0.1, 0.15) is 13.8 Å². The molecule has 0 aliphatic rings. The Morgan fingerprint density at radius 2 is 1.90 bits per heavy atom. The van der Waals surface area contributed by atoms with Crippen LogP contribution in [0.25, 0.3) is 10.4 Å². The van der Waals surface area contributed by atoms with E-state index >= 15 is 0 Å². The van der Waals surface area contributed by atoms with Gasteiger partial charge in [-0.1, -0.05) is 39.9 Å². The molecule has 122 valence electrons. The van der Waals surface area contributed by atoms with Crippen LogP contribution >= 0.6 is 42.4 Å². The summed E-state index contributed by atoms with van der Waals surface area (Å²) < 4.78 is 25.0. The highest BCUT2D eigenvalue weighted by atomic mass is 35.6. The van der Waals surface area contributed by atoms with Crippen LogP contribution in [0.4, 0.5) is 4.79 Å². The van der Waals surface area contributed by atoms with Crippen LogP contribution in [-0.2, 0) is 18.3 Å². The Bertz CT molecular complexity index is 430. The highest BCUT2D eigenvalue weighted by molar-refractivity contribution is 7.54. The number of ether oxygens (including phenoxy) is 1. The molecule has 0 aromatic rings. The number of rotatable bonds is 8. The van der Waals surface area contributed by atoms with Crippen molar-refractivity contribution in [2.75, 3.05) is 19.8 Å². The standard InChI is InChI=1S/C8H14Cl3N4O5P/c1-3-19-21(17,20-4-2)6(14-15-12)13-7(16)18-5-8(9,10)11/h6H,3-5H2,1-2H3,(H,13,16). The average molecular weight is 384 g/mol. The van der Waals surface area contributed by atoms with E-state index in [1.165, 1.54) is 0 Å². The van der Waals surface area contributed by atoms with Gasteiger partial charge in [0, 0.05) is 4.91 Å². The number of hydrogen-bond donors (Lipinski definition) is 1. The molecular formula is C8H14Cl3N4O5P. The summed E-state index contributed by atoms with van der Waals surface area (Å²) in [5.74, 6) is -1.61. The zero-order valence-corrected chi connectivity index (χ0v) is 14.3. The maximum atomic E-state index is 12.4. The molecule has 0 bridgehead atoms. The van der Waals surface area contributed by atoms with Crippen molar-refractivity contribution >= 4 is 48.5 Å². The first-order chi connectivity index (χ1) is 9.68. The Labute approximate surface area is 136 Å². The van der Waals surface area contributed by atoms with Crippen molar-refractivity contribution in [1.29, 1.82) is 0 Å². The monoisotopic (exact) mass is 382 g/mol. The van der Waals surface area contributed by atoms with Crippen LogP contribution < -0.4 is 5.32 Å². The number of amides is 1. The summed E-state index contributed by atoms with van der Waals surface area (Å²) in [6.45, 7) is 2.58. The first-order valence-electron chi connectivity index (χ1n) is 5.61. The number of nitrogens with one attached hydrogen (secondary N) is 1. The van der Waals surface area contributed by atoms with Crippen LogP contribution in [-0.4, -0.2) is 35.6 Å². The molecule has 21 heavy (non-hydrogen) atoms. The maximum absolute atomic E-state index is 12.4. The lowest BCUT2D eigenvalue weighted by atomic mass is 10.8. The van der Waals surface area contributed by atoms with E-state index in [0.717, 1.165) is 0 Å². The molecule has 0 aliphatic heterocycles. The number of carbonyl (C=O) groups excluding carboxylic acids is 1. The molecule has 0 aromatic heterocycles. The third kappa shape index (κ3) is 8.58. The summed E-state index contributed by atoms with van der Waals surface area (Å²) in [5, 5.41) is 5.20. The zero-order chi connectivity index (χ0) is 16.5. The minimum atomic E-state index is -3.90. The van der Waals surface area contributed by atoms with Gasteiger partial charge < -0.3 is 19.1 Å². The first-order valence-corrected chi connectivity index (χ1v) is 8.36. The SMILES string of the molecule is CCOP(=O)(OCC)C(N=[N+]=[N-])NC(=O)OCC(Cl)(Cl)Cl. The molecule has 0 rings (SSSR count). The van der Waals surface area contributed by atoms with Crippen LogP contribution in [0.15, 0.2) is 5.11 Å². The van der Waals surface area contributed by atoms with E-state index in [9.17, 15) is 9.36 Å². The lowest BCUT2D eigenvalue weighted by Gasteiger charge is -2.23. The quantitative estimate of drug-likeness (QED) is 0.223. The molecule has 0 radical (unpaired) electrons. The minimum absolute atomic E-state index is 0.0135. The predicted octanol–water partition coefficient (Wildman–Crippen LogP) is 3.94. The van der Waals surface area contributed by atoms with Crippen molar-refractivity contribution in [2.45, 2.75) is 23.5 Å². The van der Waals surface area contributed by atoms with E-state index in [-0.39, 0.29) is 13.2 Å². The lowest BCUT2D eigenvalue weighted by Crippen LogP contribution is -2.36. The molecule has 0 fully saturated rings. The fourth-order valence-electron chi connectivity index (χ4n) is 1.05. The van der Waals surface area contributed by atoms with Gasteiger partial charge in [-0.2, -0.15) is 0 Å². The number of carbonyl (C=O) groups is 1. The van der Waals surface area contributed by atoms with Gasteiger partial charge in [0.2, 0.25) is 9.70 Å². The second kappa shape index (κ2) is 9.58. The molecule has 1 atom stereocenters. The summed E-state index contributed by atoms with van der Waals surface area (Å²) in [4.78, 5) is 14.0.